The molecule has 0 fully saturated rings. The summed E-state index contributed by atoms with van der Waals surface area (Å²) in [5, 5.41) is 5.90. The molecule has 2 heterocycles. The van der Waals surface area contributed by atoms with Gasteiger partial charge in [-0.2, -0.15) is 0 Å². The van der Waals surface area contributed by atoms with Crippen molar-refractivity contribution >= 4 is 34.9 Å². The minimum absolute atomic E-state index is 0.104. The lowest BCUT2D eigenvalue weighted by molar-refractivity contribution is -0.119. The lowest BCUT2D eigenvalue weighted by Gasteiger charge is -2.18. The van der Waals surface area contributed by atoms with Gasteiger partial charge in [0.05, 0.1) is 30.3 Å². The van der Waals surface area contributed by atoms with E-state index in [1.54, 1.807) is 55.6 Å². The van der Waals surface area contributed by atoms with E-state index in [-0.39, 0.29) is 35.6 Å². The van der Waals surface area contributed by atoms with E-state index in [1.165, 1.54) is 25.0 Å². The maximum absolute atomic E-state index is 13.5. The van der Waals surface area contributed by atoms with Gasteiger partial charge in [-0.3, -0.25) is 23.5 Å². The van der Waals surface area contributed by atoms with Gasteiger partial charge in [-0.05, 0) is 61.2 Å². The summed E-state index contributed by atoms with van der Waals surface area (Å²) in [5.74, 6) is 0.0185. The van der Waals surface area contributed by atoms with Crippen molar-refractivity contribution in [3.05, 3.63) is 104 Å². The molecule has 0 aliphatic heterocycles. The van der Waals surface area contributed by atoms with Crippen LogP contribution in [0, 0.1) is 5.92 Å². The highest BCUT2D eigenvalue weighted by atomic mass is 35.5. The highest BCUT2D eigenvalue weighted by molar-refractivity contribution is 6.34. The van der Waals surface area contributed by atoms with Gasteiger partial charge in [-0.25, -0.2) is 9.78 Å². The van der Waals surface area contributed by atoms with E-state index in [1.807, 2.05) is 12.1 Å². The maximum atomic E-state index is 13.5. The van der Waals surface area contributed by atoms with Crippen LogP contribution in [0.1, 0.15) is 24.1 Å². The van der Waals surface area contributed by atoms with Gasteiger partial charge in [0.15, 0.2) is 0 Å². The third-order valence-corrected chi connectivity index (χ3v) is 7.92. The molecule has 1 aliphatic rings. The first-order chi connectivity index (χ1) is 21.2. The highest BCUT2D eigenvalue weighted by Gasteiger charge is 2.28. The van der Waals surface area contributed by atoms with E-state index in [2.05, 4.69) is 15.6 Å². The minimum atomic E-state index is -0.659. The molecule has 11 nitrogen and oxygen atoms in total. The van der Waals surface area contributed by atoms with Crippen LogP contribution in [-0.4, -0.2) is 46.8 Å². The number of halogens is 1. The first kappa shape index (κ1) is 30.7. The van der Waals surface area contributed by atoms with Crippen molar-refractivity contribution in [3.63, 3.8) is 0 Å². The Kier molecular flexibility index (Phi) is 9.26. The summed E-state index contributed by atoms with van der Waals surface area (Å²) in [6.07, 6.45) is 4.05. The number of fused-ring (bicyclic) bond motifs is 1. The fourth-order valence-corrected chi connectivity index (χ4v) is 5.71. The number of ether oxygens (including phenoxy) is 2. The summed E-state index contributed by atoms with van der Waals surface area (Å²) < 4.78 is 12.8. The lowest BCUT2D eigenvalue weighted by Crippen LogP contribution is -2.44. The fourth-order valence-electron chi connectivity index (χ4n) is 5.40. The monoisotopic (exact) mass is 617 g/mol. The Labute approximate surface area is 258 Å². The summed E-state index contributed by atoms with van der Waals surface area (Å²) in [7, 11) is 2.94. The number of hydrogen-bond donors (Lipinski definition) is 2. The first-order valence-electron chi connectivity index (χ1n) is 14.0. The molecule has 0 bridgehead atoms. The van der Waals surface area contributed by atoms with Crippen molar-refractivity contribution in [2.45, 2.75) is 32.4 Å². The topological polar surface area (TPSA) is 134 Å². The quantitative estimate of drug-likeness (QED) is 0.275. The van der Waals surface area contributed by atoms with Crippen LogP contribution in [-0.2, 0) is 33.7 Å². The van der Waals surface area contributed by atoms with Gasteiger partial charge in [-0.15, -0.1) is 0 Å². The van der Waals surface area contributed by atoms with Gasteiger partial charge in [-0.1, -0.05) is 35.9 Å². The zero-order valence-corrected chi connectivity index (χ0v) is 25.3. The molecule has 0 saturated carbocycles. The second-order valence-electron chi connectivity index (χ2n) is 10.6. The molecule has 228 valence electrons. The van der Waals surface area contributed by atoms with Gasteiger partial charge in [0, 0.05) is 36.7 Å². The molecule has 2 aromatic carbocycles. The molecule has 12 heteroatoms. The Morgan fingerprint density at radius 3 is 2.55 bits per heavy atom. The molecule has 0 saturated heterocycles. The van der Waals surface area contributed by atoms with Gasteiger partial charge < -0.3 is 20.1 Å². The number of pyridine rings is 1. The second kappa shape index (κ2) is 13.3. The standard InChI is InChI=1S/C32H32ClN5O6/c1-19(18-43-2)38-31(41)25(24-7-6-8-26(44-3)29(24)33)16-37(32(38)42)17-28(39)35-23-11-10-20-13-22(14-21(20)15-23)30(40)36-27-9-4-5-12-34-27/h4-12,15-16,19,22H,13-14,17-18H2,1-3H3,(H,35,39)(H,34,36,40)/t19-,22?/m1/s1. The van der Waals surface area contributed by atoms with Gasteiger partial charge in [0.2, 0.25) is 11.8 Å². The Hall–Kier alpha value is -4.74. The number of aromatic nitrogens is 3. The Morgan fingerprint density at radius 2 is 1.82 bits per heavy atom. The van der Waals surface area contributed by atoms with Crippen molar-refractivity contribution < 1.29 is 19.1 Å². The number of amides is 2. The molecule has 5 rings (SSSR count). The molecule has 44 heavy (non-hydrogen) atoms. The molecular weight excluding hydrogens is 586 g/mol. The number of carbonyl (C=O) groups excluding carboxylic acids is 2. The van der Waals surface area contributed by atoms with Crippen molar-refractivity contribution in [1.29, 1.82) is 0 Å². The van der Waals surface area contributed by atoms with Crippen molar-refractivity contribution in [2.24, 2.45) is 5.92 Å². The van der Waals surface area contributed by atoms with Crippen LogP contribution in [0.15, 0.2) is 76.6 Å². The van der Waals surface area contributed by atoms with E-state index in [4.69, 9.17) is 21.1 Å². The molecule has 1 aliphatic carbocycles. The van der Waals surface area contributed by atoms with E-state index in [0.29, 0.717) is 35.7 Å². The third-order valence-electron chi connectivity index (χ3n) is 7.53. The number of carbonyl (C=O) groups is 2. The number of methoxy groups -OCH3 is 2. The van der Waals surface area contributed by atoms with E-state index in [0.717, 1.165) is 15.7 Å². The van der Waals surface area contributed by atoms with E-state index in [9.17, 15) is 19.2 Å². The molecule has 2 amide bonds. The zero-order valence-electron chi connectivity index (χ0n) is 24.5. The predicted octanol–water partition coefficient (Wildman–Crippen LogP) is 3.93. The van der Waals surface area contributed by atoms with Crippen LogP contribution < -0.4 is 26.6 Å². The van der Waals surface area contributed by atoms with Crippen molar-refractivity contribution in [1.82, 2.24) is 14.1 Å². The number of anilines is 2. The zero-order chi connectivity index (χ0) is 31.4. The average molecular weight is 618 g/mol. The van der Waals surface area contributed by atoms with Crippen molar-refractivity contribution in [2.75, 3.05) is 31.5 Å². The van der Waals surface area contributed by atoms with E-state index < -0.39 is 23.2 Å². The largest absolute Gasteiger partial charge is 0.495 e. The fraction of sp³-hybridized carbons (Fsp3) is 0.281. The molecule has 4 aromatic rings. The number of nitrogens with zero attached hydrogens (tertiary/aromatic N) is 3. The summed E-state index contributed by atoms with van der Waals surface area (Å²) >= 11 is 6.54. The molecule has 2 N–H and O–H groups in total. The number of hydrogen-bond acceptors (Lipinski definition) is 7. The van der Waals surface area contributed by atoms with Crippen molar-refractivity contribution in [3.8, 4) is 16.9 Å². The predicted molar refractivity (Wildman–Crippen MR) is 167 cm³/mol. The van der Waals surface area contributed by atoms with Gasteiger partial charge in [0.25, 0.3) is 5.56 Å². The van der Waals surface area contributed by atoms with Crippen LogP contribution >= 0.6 is 11.6 Å². The van der Waals surface area contributed by atoms with Crippen LogP contribution in [0.3, 0.4) is 0 Å². The number of rotatable bonds is 10. The second-order valence-corrected chi connectivity index (χ2v) is 11.0. The molecule has 2 aromatic heterocycles. The first-order valence-corrected chi connectivity index (χ1v) is 14.4. The molecule has 1 unspecified atom stereocenters. The smallest absolute Gasteiger partial charge is 0.331 e. The Morgan fingerprint density at radius 1 is 1.02 bits per heavy atom. The Balaban J connectivity index is 1.37. The molecule has 0 spiro atoms. The van der Waals surface area contributed by atoms with Crippen LogP contribution in [0.25, 0.3) is 11.1 Å². The Bertz CT molecular complexity index is 1820. The molecule has 2 atom stereocenters. The summed E-state index contributed by atoms with van der Waals surface area (Å²) in [5.41, 5.74) is 1.79. The minimum Gasteiger partial charge on any atom is -0.495 e. The van der Waals surface area contributed by atoms with Crippen LogP contribution in [0.4, 0.5) is 11.5 Å². The average Bonchev–Trinajstić information content (AvgIpc) is 3.43. The normalized spacial score (nSPS) is 14.5. The maximum Gasteiger partial charge on any atom is 0.331 e. The number of nitrogens with one attached hydrogen (secondary N) is 2. The van der Waals surface area contributed by atoms with Crippen LogP contribution in [0.2, 0.25) is 5.02 Å². The number of benzene rings is 2. The van der Waals surface area contributed by atoms with Crippen LogP contribution in [0.5, 0.6) is 5.75 Å². The van der Waals surface area contributed by atoms with E-state index >= 15 is 0 Å². The summed E-state index contributed by atoms with van der Waals surface area (Å²) in [4.78, 5) is 57.2. The van der Waals surface area contributed by atoms with Gasteiger partial charge in [0.1, 0.15) is 18.1 Å². The summed E-state index contributed by atoms with van der Waals surface area (Å²) in [6.45, 7) is 1.42. The SMILES string of the molecule is COC[C@@H](C)n1c(=O)c(-c2cccc(OC)c2Cl)cn(CC(=O)Nc2ccc3c(c2)CC(C(=O)Nc2ccccn2)C3)c1=O. The molecule has 0 radical (unpaired) electrons. The third kappa shape index (κ3) is 6.43. The lowest BCUT2D eigenvalue weighted by atomic mass is 10.1. The highest BCUT2D eigenvalue weighted by Crippen LogP contribution is 2.34. The molecular formula is C32H32ClN5O6. The van der Waals surface area contributed by atoms with Gasteiger partial charge >= 0.3 is 5.69 Å². The summed E-state index contributed by atoms with van der Waals surface area (Å²) in [6, 6.07) is 15.2.